The van der Waals surface area contributed by atoms with Crippen LogP contribution in [0.1, 0.15) is 15.9 Å². The van der Waals surface area contributed by atoms with E-state index in [1.54, 1.807) is 23.0 Å². The zero-order chi connectivity index (χ0) is 21.0. The van der Waals surface area contributed by atoms with Crippen molar-refractivity contribution in [2.24, 2.45) is 0 Å². The van der Waals surface area contributed by atoms with E-state index in [0.29, 0.717) is 37.7 Å². The van der Waals surface area contributed by atoms with Gasteiger partial charge in [-0.3, -0.25) is 9.59 Å². The van der Waals surface area contributed by atoms with Gasteiger partial charge in [-0.2, -0.15) is 0 Å². The molecule has 6 nitrogen and oxygen atoms in total. The number of hydrogen-bond acceptors (Lipinski definition) is 4. The predicted octanol–water partition coefficient (Wildman–Crippen LogP) is 3.16. The van der Waals surface area contributed by atoms with Crippen LogP contribution in [-0.2, 0) is 4.79 Å². The van der Waals surface area contributed by atoms with Gasteiger partial charge in [0.15, 0.2) is 18.1 Å². The maximum atomic E-state index is 13.2. The number of methoxy groups -OCH3 is 1. The van der Waals surface area contributed by atoms with E-state index in [1.807, 2.05) is 19.1 Å². The molecule has 1 aliphatic rings. The molecule has 154 valence electrons. The van der Waals surface area contributed by atoms with Gasteiger partial charge in [0, 0.05) is 26.2 Å². The van der Waals surface area contributed by atoms with E-state index >= 15 is 0 Å². The first kappa shape index (κ1) is 20.9. The van der Waals surface area contributed by atoms with E-state index < -0.39 is 5.82 Å². The fourth-order valence-electron chi connectivity index (χ4n) is 3.12. The molecule has 2 aromatic rings. The van der Waals surface area contributed by atoms with Crippen molar-refractivity contribution in [2.45, 2.75) is 6.92 Å². The number of nitrogens with zero attached hydrogens (tertiary/aromatic N) is 2. The van der Waals surface area contributed by atoms with Crippen LogP contribution in [0.3, 0.4) is 0 Å². The topological polar surface area (TPSA) is 59.1 Å². The van der Waals surface area contributed by atoms with E-state index in [9.17, 15) is 14.0 Å². The average molecular weight is 421 g/mol. The number of carbonyl (C=O) groups is 2. The quantitative estimate of drug-likeness (QED) is 0.745. The Hall–Kier alpha value is -2.80. The molecule has 29 heavy (non-hydrogen) atoms. The van der Waals surface area contributed by atoms with Gasteiger partial charge in [-0.1, -0.05) is 17.7 Å². The highest BCUT2D eigenvalue weighted by Gasteiger charge is 2.26. The van der Waals surface area contributed by atoms with Gasteiger partial charge >= 0.3 is 0 Å². The van der Waals surface area contributed by atoms with Crippen LogP contribution in [0.25, 0.3) is 0 Å². The van der Waals surface area contributed by atoms with Crippen molar-refractivity contribution in [1.29, 1.82) is 0 Å². The number of rotatable bonds is 5. The number of carbonyl (C=O) groups excluding carboxylic acids is 2. The molecule has 1 heterocycles. The highest BCUT2D eigenvalue weighted by atomic mass is 35.5. The molecule has 0 unspecified atom stereocenters. The SMILES string of the molecule is COc1cc(C)ccc1OCC(=O)N1CCN(C(=O)c2ccc(F)cc2Cl)CC1. The van der Waals surface area contributed by atoms with E-state index in [1.165, 1.54) is 12.1 Å². The maximum absolute atomic E-state index is 13.2. The molecule has 2 aromatic carbocycles. The zero-order valence-corrected chi connectivity index (χ0v) is 17.0. The number of benzene rings is 2. The Bertz CT molecular complexity index is 914. The molecular formula is C21H22ClFN2O4. The molecule has 0 N–H and O–H groups in total. The van der Waals surface area contributed by atoms with Gasteiger partial charge in [0.25, 0.3) is 11.8 Å². The van der Waals surface area contributed by atoms with E-state index in [-0.39, 0.29) is 29.0 Å². The number of amides is 2. The van der Waals surface area contributed by atoms with Crippen molar-refractivity contribution in [3.05, 3.63) is 58.4 Å². The molecule has 0 radical (unpaired) electrons. The Kier molecular flexibility index (Phi) is 6.59. The molecule has 1 saturated heterocycles. The highest BCUT2D eigenvalue weighted by Crippen LogP contribution is 2.27. The third-order valence-electron chi connectivity index (χ3n) is 4.75. The van der Waals surface area contributed by atoms with Gasteiger partial charge in [0.05, 0.1) is 17.7 Å². The second kappa shape index (κ2) is 9.13. The maximum Gasteiger partial charge on any atom is 0.260 e. The average Bonchev–Trinajstić information content (AvgIpc) is 2.72. The summed E-state index contributed by atoms with van der Waals surface area (Å²) in [5.41, 5.74) is 1.28. The summed E-state index contributed by atoms with van der Waals surface area (Å²) in [6, 6.07) is 9.18. The summed E-state index contributed by atoms with van der Waals surface area (Å²) in [5.74, 6) is 0.144. The fraction of sp³-hybridized carbons (Fsp3) is 0.333. The third-order valence-corrected chi connectivity index (χ3v) is 5.06. The Morgan fingerprint density at radius 1 is 1.03 bits per heavy atom. The van der Waals surface area contributed by atoms with Crippen LogP contribution in [0.4, 0.5) is 4.39 Å². The Balaban J connectivity index is 1.53. The van der Waals surface area contributed by atoms with Crippen LogP contribution in [0, 0.1) is 12.7 Å². The van der Waals surface area contributed by atoms with Crippen molar-refractivity contribution in [2.75, 3.05) is 39.9 Å². The lowest BCUT2D eigenvalue weighted by Crippen LogP contribution is -2.51. The van der Waals surface area contributed by atoms with E-state index in [0.717, 1.165) is 11.6 Å². The van der Waals surface area contributed by atoms with Crippen LogP contribution in [-0.4, -0.2) is 61.5 Å². The lowest BCUT2D eigenvalue weighted by molar-refractivity contribution is -0.134. The van der Waals surface area contributed by atoms with Gasteiger partial charge in [0.1, 0.15) is 5.82 Å². The molecule has 0 aliphatic carbocycles. The zero-order valence-electron chi connectivity index (χ0n) is 16.3. The van der Waals surface area contributed by atoms with Gasteiger partial charge < -0.3 is 19.3 Å². The molecule has 3 rings (SSSR count). The minimum Gasteiger partial charge on any atom is -0.493 e. The minimum atomic E-state index is -0.493. The molecule has 0 atom stereocenters. The van der Waals surface area contributed by atoms with Gasteiger partial charge in [-0.15, -0.1) is 0 Å². The molecule has 1 aliphatic heterocycles. The fourth-order valence-corrected chi connectivity index (χ4v) is 3.37. The minimum absolute atomic E-state index is 0.0777. The van der Waals surface area contributed by atoms with Crippen LogP contribution >= 0.6 is 11.6 Å². The summed E-state index contributed by atoms with van der Waals surface area (Å²) < 4.78 is 24.1. The number of aryl methyl sites for hydroxylation is 1. The second-order valence-corrected chi connectivity index (χ2v) is 7.15. The molecule has 0 bridgehead atoms. The van der Waals surface area contributed by atoms with Crippen molar-refractivity contribution in [1.82, 2.24) is 9.80 Å². The number of halogens is 2. The molecule has 0 aromatic heterocycles. The summed E-state index contributed by atoms with van der Waals surface area (Å²) in [7, 11) is 1.55. The number of ether oxygens (including phenoxy) is 2. The van der Waals surface area contributed by atoms with Gasteiger partial charge in [-0.25, -0.2) is 4.39 Å². The smallest absolute Gasteiger partial charge is 0.260 e. The molecule has 8 heteroatoms. The third kappa shape index (κ3) is 4.98. The Labute approximate surface area is 173 Å². The predicted molar refractivity (Wildman–Crippen MR) is 107 cm³/mol. The summed E-state index contributed by atoms with van der Waals surface area (Å²) in [5, 5.41) is 0.0777. The summed E-state index contributed by atoms with van der Waals surface area (Å²) in [6.45, 7) is 3.34. The summed E-state index contributed by atoms with van der Waals surface area (Å²) in [6.07, 6.45) is 0. The second-order valence-electron chi connectivity index (χ2n) is 6.74. The highest BCUT2D eigenvalue weighted by molar-refractivity contribution is 6.33. The molecular weight excluding hydrogens is 399 g/mol. The van der Waals surface area contributed by atoms with E-state index in [4.69, 9.17) is 21.1 Å². The Morgan fingerprint density at radius 2 is 1.72 bits per heavy atom. The largest absolute Gasteiger partial charge is 0.493 e. The van der Waals surface area contributed by atoms with Crippen LogP contribution in [0.2, 0.25) is 5.02 Å². The molecule has 1 fully saturated rings. The molecule has 0 spiro atoms. The van der Waals surface area contributed by atoms with Gasteiger partial charge in [-0.05, 0) is 42.8 Å². The molecule has 2 amide bonds. The lowest BCUT2D eigenvalue weighted by atomic mass is 10.1. The number of piperazine rings is 1. The first-order valence-corrected chi connectivity index (χ1v) is 9.56. The van der Waals surface area contributed by atoms with Crippen LogP contribution < -0.4 is 9.47 Å². The lowest BCUT2D eigenvalue weighted by Gasteiger charge is -2.34. The van der Waals surface area contributed by atoms with E-state index in [2.05, 4.69) is 0 Å². The van der Waals surface area contributed by atoms with Crippen LogP contribution in [0.15, 0.2) is 36.4 Å². The summed E-state index contributed by atoms with van der Waals surface area (Å²) >= 11 is 5.98. The van der Waals surface area contributed by atoms with Gasteiger partial charge in [0.2, 0.25) is 0 Å². The first-order chi connectivity index (χ1) is 13.9. The van der Waals surface area contributed by atoms with Crippen molar-refractivity contribution in [3.63, 3.8) is 0 Å². The standard InChI is InChI=1S/C21H22ClFN2O4/c1-14-3-6-18(19(11-14)28-2)29-13-20(26)24-7-9-25(10-8-24)21(27)16-5-4-15(23)12-17(16)22/h3-6,11-12H,7-10,13H2,1-2H3. The Morgan fingerprint density at radius 3 is 2.38 bits per heavy atom. The van der Waals surface area contributed by atoms with Crippen molar-refractivity contribution >= 4 is 23.4 Å². The monoisotopic (exact) mass is 420 g/mol. The van der Waals surface area contributed by atoms with Crippen molar-refractivity contribution in [3.8, 4) is 11.5 Å². The normalized spacial score (nSPS) is 13.9. The molecule has 0 saturated carbocycles. The summed E-state index contributed by atoms with van der Waals surface area (Å²) in [4.78, 5) is 28.3. The van der Waals surface area contributed by atoms with Crippen LogP contribution in [0.5, 0.6) is 11.5 Å². The van der Waals surface area contributed by atoms with Crippen molar-refractivity contribution < 1.29 is 23.5 Å². The first-order valence-electron chi connectivity index (χ1n) is 9.18. The number of hydrogen-bond donors (Lipinski definition) is 0.